The van der Waals surface area contributed by atoms with Gasteiger partial charge in [-0.2, -0.15) is 0 Å². The average Bonchev–Trinajstić information content (AvgIpc) is 2.69. The van der Waals surface area contributed by atoms with Crippen LogP contribution in [0.25, 0.3) is 0 Å². The van der Waals surface area contributed by atoms with E-state index in [-0.39, 0.29) is 18.2 Å². The molecule has 0 aliphatic rings. The second-order valence-electron chi connectivity index (χ2n) is 9.75. The number of esters is 2. The Labute approximate surface area is 212 Å². The van der Waals surface area contributed by atoms with E-state index in [1.165, 1.54) is 0 Å². The molecule has 10 heteroatoms. The van der Waals surface area contributed by atoms with Crippen molar-refractivity contribution in [3.8, 4) is 0 Å². The van der Waals surface area contributed by atoms with Crippen LogP contribution in [0.1, 0.15) is 48.0 Å². The summed E-state index contributed by atoms with van der Waals surface area (Å²) in [7, 11) is 0. The molecule has 2 atom stereocenters. The first-order chi connectivity index (χ1) is 15.8. The topological polar surface area (TPSA) is 97.0 Å². The molecule has 34 heavy (non-hydrogen) atoms. The summed E-state index contributed by atoms with van der Waals surface area (Å²) in [5.74, 6) is -0.715. The number of halogens is 2. The second-order valence-corrected chi connectivity index (χ2v) is 10.5. The molecule has 1 aromatic carbocycles. The van der Waals surface area contributed by atoms with E-state index in [4.69, 9.17) is 32.7 Å². The highest BCUT2D eigenvalue weighted by Crippen LogP contribution is 2.18. The number of carbonyl (C=O) groups is 3. The lowest BCUT2D eigenvalue weighted by atomic mass is 10.0. The van der Waals surface area contributed by atoms with E-state index in [1.807, 2.05) is 6.07 Å². The van der Waals surface area contributed by atoms with E-state index >= 15 is 0 Å². The lowest BCUT2D eigenvalue weighted by Crippen LogP contribution is -2.53. The van der Waals surface area contributed by atoms with Gasteiger partial charge in [-0.05, 0) is 53.7 Å². The van der Waals surface area contributed by atoms with Crippen molar-refractivity contribution < 1.29 is 23.9 Å². The number of urea groups is 1. The summed E-state index contributed by atoms with van der Waals surface area (Å²) in [6, 6.07) is 6.18. The highest BCUT2D eigenvalue weighted by atomic mass is 35.5. The van der Waals surface area contributed by atoms with Gasteiger partial charge < -0.3 is 20.1 Å². The quantitative estimate of drug-likeness (QED) is 0.333. The monoisotopic (exact) mass is 517 g/mol. The van der Waals surface area contributed by atoms with Crippen molar-refractivity contribution in [2.24, 2.45) is 0 Å². The van der Waals surface area contributed by atoms with Crippen molar-refractivity contribution in [2.45, 2.75) is 71.2 Å². The third-order valence-electron chi connectivity index (χ3n) is 4.35. The van der Waals surface area contributed by atoms with Crippen LogP contribution in [0.15, 0.2) is 30.3 Å². The molecule has 0 saturated heterocycles. The molecule has 1 aromatic rings. The minimum Gasteiger partial charge on any atom is -0.459 e. The van der Waals surface area contributed by atoms with Gasteiger partial charge in [-0.1, -0.05) is 18.2 Å². The summed E-state index contributed by atoms with van der Waals surface area (Å²) < 4.78 is 11.1. The molecule has 0 aliphatic carbocycles. The lowest BCUT2D eigenvalue weighted by Gasteiger charge is -2.34. The second kappa shape index (κ2) is 13.8. The SMILES string of the molecule is CC(C)(C)OC(=O)C(C[C@H](NC(=O)Nc1ccccc1)C(=O)OC(C)(C)C)N(CCCl)CCCl. The fourth-order valence-corrected chi connectivity index (χ4v) is 3.50. The van der Waals surface area contributed by atoms with Gasteiger partial charge in [0.1, 0.15) is 23.3 Å². The maximum Gasteiger partial charge on any atom is 0.329 e. The summed E-state index contributed by atoms with van der Waals surface area (Å²) in [6.45, 7) is 11.1. The number of nitrogens with one attached hydrogen (secondary N) is 2. The smallest absolute Gasteiger partial charge is 0.329 e. The predicted molar refractivity (Wildman–Crippen MR) is 135 cm³/mol. The van der Waals surface area contributed by atoms with Crippen LogP contribution in [0.2, 0.25) is 0 Å². The van der Waals surface area contributed by atoms with E-state index < -0.39 is 41.3 Å². The van der Waals surface area contributed by atoms with Gasteiger partial charge in [0.2, 0.25) is 0 Å². The number of carbonyl (C=O) groups excluding carboxylic acids is 3. The molecular formula is C24H37Cl2N3O5. The largest absolute Gasteiger partial charge is 0.459 e. The number of rotatable bonds is 11. The first-order valence-electron chi connectivity index (χ1n) is 11.2. The zero-order chi connectivity index (χ0) is 25.9. The molecule has 8 nitrogen and oxygen atoms in total. The zero-order valence-corrected chi connectivity index (χ0v) is 22.3. The van der Waals surface area contributed by atoms with Crippen LogP contribution in [-0.4, -0.2) is 71.0 Å². The summed E-state index contributed by atoms with van der Waals surface area (Å²) >= 11 is 11.9. The molecule has 0 radical (unpaired) electrons. The maximum atomic E-state index is 13.1. The molecule has 0 spiro atoms. The van der Waals surface area contributed by atoms with Crippen molar-refractivity contribution in [3.63, 3.8) is 0 Å². The van der Waals surface area contributed by atoms with Crippen molar-refractivity contribution in [1.82, 2.24) is 10.2 Å². The average molecular weight is 518 g/mol. The summed E-state index contributed by atoms with van der Waals surface area (Å²) in [5.41, 5.74) is -0.986. The zero-order valence-electron chi connectivity index (χ0n) is 20.8. The van der Waals surface area contributed by atoms with E-state index in [9.17, 15) is 14.4 Å². The van der Waals surface area contributed by atoms with Crippen molar-refractivity contribution in [3.05, 3.63) is 30.3 Å². The first-order valence-corrected chi connectivity index (χ1v) is 12.3. The number of benzene rings is 1. The van der Waals surface area contributed by atoms with Crippen LogP contribution in [0.4, 0.5) is 10.5 Å². The predicted octanol–water partition coefficient (Wildman–Crippen LogP) is 4.40. The summed E-state index contributed by atoms with van der Waals surface area (Å²) in [4.78, 5) is 40.6. The van der Waals surface area contributed by atoms with Crippen LogP contribution in [-0.2, 0) is 19.1 Å². The molecule has 0 aromatic heterocycles. The Kier molecular flexibility index (Phi) is 12.1. The minimum absolute atomic E-state index is 0.0835. The Hall–Kier alpha value is -2.03. The molecule has 1 rings (SSSR count). The highest BCUT2D eigenvalue weighted by Gasteiger charge is 2.37. The molecule has 0 heterocycles. The van der Waals surface area contributed by atoms with Gasteiger partial charge in [0.25, 0.3) is 0 Å². The van der Waals surface area contributed by atoms with Crippen LogP contribution in [0.5, 0.6) is 0 Å². The number of ether oxygens (including phenoxy) is 2. The van der Waals surface area contributed by atoms with Crippen molar-refractivity contribution >= 4 is 46.9 Å². The summed E-state index contributed by atoms with van der Waals surface area (Å²) in [6.07, 6.45) is -0.0835. The van der Waals surface area contributed by atoms with Crippen molar-refractivity contribution in [2.75, 3.05) is 30.2 Å². The number of hydrogen-bond donors (Lipinski definition) is 2. The number of anilines is 1. The van der Waals surface area contributed by atoms with Gasteiger partial charge in [0.15, 0.2) is 0 Å². The first kappa shape index (κ1) is 30.0. The lowest BCUT2D eigenvalue weighted by molar-refractivity contribution is -0.163. The Bertz CT molecular complexity index is 788. The van der Waals surface area contributed by atoms with Crippen LogP contribution >= 0.6 is 23.2 Å². The van der Waals surface area contributed by atoms with Gasteiger partial charge in [-0.25, -0.2) is 9.59 Å². The van der Waals surface area contributed by atoms with Crippen LogP contribution in [0.3, 0.4) is 0 Å². The minimum atomic E-state index is -1.13. The van der Waals surface area contributed by atoms with E-state index in [0.717, 1.165) is 0 Å². The molecule has 0 bridgehead atoms. The Balaban J connectivity index is 3.22. The molecule has 0 fully saturated rings. The Morgan fingerprint density at radius 3 is 1.85 bits per heavy atom. The van der Waals surface area contributed by atoms with E-state index in [1.54, 1.807) is 70.7 Å². The molecule has 2 N–H and O–H groups in total. The molecular weight excluding hydrogens is 481 g/mol. The maximum absolute atomic E-state index is 13.1. The van der Waals surface area contributed by atoms with E-state index in [2.05, 4.69) is 10.6 Å². The standard InChI is InChI=1S/C24H37Cl2N3O5/c1-23(2,3)33-20(30)18(28-22(32)27-17-10-8-7-9-11-17)16-19(21(31)34-24(4,5)6)29(14-12-25)15-13-26/h7-11,18-19H,12-16H2,1-6H3,(H2,27,28,32)/t18-,19?/m0/s1. The third kappa shape index (κ3) is 11.9. The van der Waals surface area contributed by atoms with Gasteiger partial charge >= 0.3 is 18.0 Å². The number of hydrogen-bond acceptors (Lipinski definition) is 6. The van der Waals surface area contributed by atoms with Gasteiger partial charge in [-0.15, -0.1) is 23.2 Å². The fraction of sp³-hybridized carbons (Fsp3) is 0.625. The molecule has 0 saturated carbocycles. The molecule has 192 valence electrons. The normalized spacial score (nSPS) is 13.7. The Morgan fingerprint density at radius 1 is 0.882 bits per heavy atom. The number of alkyl halides is 2. The van der Waals surface area contributed by atoms with Gasteiger partial charge in [0.05, 0.1) is 0 Å². The van der Waals surface area contributed by atoms with Gasteiger partial charge in [0, 0.05) is 37.0 Å². The molecule has 1 unspecified atom stereocenters. The van der Waals surface area contributed by atoms with Gasteiger partial charge in [-0.3, -0.25) is 9.69 Å². The number of amides is 2. The third-order valence-corrected chi connectivity index (χ3v) is 4.69. The number of para-hydroxylation sites is 1. The molecule has 2 amide bonds. The van der Waals surface area contributed by atoms with Crippen LogP contribution < -0.4 is 10.6 Å². The molecule has 0 aliphatic heterocycles. The van der Waals surface area contributed by atoms with Crippen molar-refractivity contribution in [1.29, 1.82) is 0 Å². The number of nitrogens with zero attached hydrogens (tertiary/aromatic N) is 1. The van der Waals surface area contributed by atoms with E-state index in [0.29, 0.717) is 18.8 Å². The fourth-order valence-electron chi connectivity index (χ4n) is 3.06. The highest BCUT2D eigenvalue weighted by molar-refractivity contribution is 6.18. The van der Waals surface area contributed by atoms with Crippen LogP contribution in [0, 0.1) is 0 Å². The Morgan fingerprint density at radius 2 is 1.38 bits per heavy atom. The summed E-state index contributed by atoms with van der Waals surface area (Å²) in [5, 5.41) is 5.33.